The monoisotopic (exact) mass is 345 g/mol. The van der Waals surface area contributed by atoms with E-state index >= 15 is 0 Å². The molecule has 1 aromatic heterocycles. The zero-order valence-corrected chi connectivity index (χ0v) is 15.1. The highest BCUT2D eigenvalue weighted by Gasteiger charge is 2.48. The second-order valence-corrected chi connectivity index (χ2v) is 6.88. The van der Waals surface area contributed by atoms with E-state index in [0.717, 1.165) is 51.0 Å². The summed E-state index contributed by atoms with van der Waals surface area (Å²) in [6.45, 7) is 6.54. The Morgan fingerprint density at radius 2 is 2.24 bits per heavy atom. The van der Waals surface area contributed by atoms with E-state index in [1.165, 1.54) is 0 Å². The lowest BCUT2D eigenvalue weighted by Crippen LogP contribution is -2.50. The molecule has 2 aliphatic heterocycles. The minimum absolute atomic E-state index is 0.00798. The number of nitrogens with zero attached hydrogens (tertiary/aromatic N) is 6. The van der Waals surface area contributed by atoms with E-state index in [0.29, 0.717) is 13.0 Å². The van der Waals surface area contributed by atoms with Crippen molar-refractivity contribution in [2.75, 3.05) is 13.2 Å². The second-order valence-electron chi connectivity index (χ2n) is 6.88. The molecule has 0 radical (unpaired) electrons. The molecule has 3 rings (SSSR count). The maximum absolute atomic E-state index is 5.87. The molecule has 2 unspecified atom stereocenters. The van der Waals surface area contributed by atoms with Crippen LogP contribution in [0.4, 0.5) is 0 Å². The van der Waals surface area contributed by atoms with Crippen molar-refractivity contribution in [3.63, 3.8) is 0 Å². The highest BCUT2D eigenvalue weighted by atomic mass is 16.5. The highest BCUT2D eigenvalue weighted by Crippen LogP contribution is 2.38. The number of rotatable bonds is 10. The Kier molecular flexibility index (Phi) is 5.45. The molecule has 8 nitrogen and oxygen atoms in total. The zero-order chi connectivity index (χ0) is 17.8. The van der Waals surface area contributed by atoms with E-state index in [9.17, 15) is 0 Å². The zero-order valence-electron chi connectivity index (χ0n) is 15.1. The number of terminal acetylenes is 1. The average Bonchev–Trinajstić information content (AvgIpc) is 3.04. The van der Waals surface area contributed by atoms with Gasteiger partial charge in [0, 0.05) is 39.0 Å². The number of aromatic nitrogens is 4. The van der Waals surface area contributed by atoms with Crippen LogP contribution in [-0.2, 0) is 16.8 Å². The molecule has 2 aliphatic rings. The third-order valence-corrected chi connectivity index (χ3v) is 5.23. The summed E-state index contributed by atoms with van der Waals surface area (Å²) in [5.41, 5.74) is -0.642. The van der Waals surface area contributed by atoms with Crippen LogP contribution in [-0.4, -0.2) is 45.1 Å². The number of tetrazole rings is 1. The van der Waals surface area contributed by atoms with Crippen molar-refractivity contribution in [2.24, 2.45) is 10.2 Å². The van der Waals surface area contributed by atoms with Crippen LogP contribution in [0.5, 0.6) is 0 Å². The van der Waals surface area contributed by atoms with Crippen LogP contribution < -0.4 is 5.32 Å². The smallest absolute Gasteiger partial charge is 0.193 e. The van der Waals surface area contributed by atoms with Crippen molar-refractivity contribution in [1.29, 1.82) is 0 Å². The second kappa shape index (κ2) is 7.58. The lowest BCUT2D eigenvalue weighted by Gasteiger charge is -2.32. The normalized spacial score (nSPS) is 26.7. The molecule has 0 amide bonds. The van der Waals surface area contributed by atoms with Crippen LogP contribution in [0, 0.1) is 12.3 Å². The average molecular weight is 345 g/mol. The van der Waals surface area contributed by atoms with Crippen molar-refractivity contribution < 1.29 is 4.74 Å². The van der Waals surface area contributed by atoms with Gasteiger partial charge < -0.3 is 10.1 Å². The Bertz CT molecular complexity index is 644. The number of unbranched alkanes of at least 4 members (excludes halogenated alkanes) is 1. The van der Waals surface area contributed by atoms with Gasteiger partial charge >= 0.3 is 0 Å². The first-order valence-corrected chi connectivity index (χ1v) is 9.16. The summed E-state index contributed by atoms with van der Waals surface area (Å²) >= 11 is 0. The molecule has 136 valence electrons. The Morgan fingerprint density at radius 3 is 2.88 bits per heavy atom. The van der Waals surface area contributed by atoms with Gasteiger partial charge in [-0.05, 0) is 30.2 Å². The lowest BCUT2D eigenvalue weighted by molar-refractivity contribution is 0.0761. The maximum Gasteiger partial charge on any atom is 0.193 e. The van der Waals surface area contributed by atoms with Gasteiger partial charge in [-0.15, -0.1) is 17.4 Å². The van der Waals surface area contributed by atoms with Gasteiger partial charge in [-0.1, -0.05) is 13.3 Å². The lowest BCUT2D eigenvalue weighted by atomic mass is 9.90. The van der Waals surface area contributed by atoms with E-state index in [1.54, 1.807) is 0 Å². The van der Waals surface area contributed by atoms with Gasteiger partial charge in [-0.3, -0.25) is 0 Å². The van der Waals surface area contributed by atoms with Gasteiger partial charge in [-0.25, -0.2) is 4.68 Å². The molecule has 1 saturated heterocycles. The Labute approximate surface area is 148 Å². The van der Waals surface area contributed by atoms with E-state index in [2.05, 4.69) is 50.8 Å². The van der Waals surface area contributed by atoms with Crippen molar-refractivity contribution in [1.82, 2.24) is 25.5 Å². The first-order chi connectivity index (χ1) is 12.2. The van der Waals surface area contributed by atoms with Gasteiger partial charge in [0.1, 0.15) is 5.54 Å². The van der Waals surface area contributed by atoms with Crippen molar-refractivity contribution in [2.45, 2.75) is 76.2 Å². The molecule has 0 aromatic carbocycles. The van der Waals surface area contributed by atoms with E-state index < -0.39 is 0 Å². The van der Waals surface area contributed by atoms with Gasteiger partial charge in [-0.2, -0.15) is 10.2 Å². The minimum Gasteiger partial charge on any atom is -0.376 e. The number of hydrogen-bond donors (Lipinski definition) is 1. The fourth-order valence-corrected chi connectivity index (χ4v) is 3.48. The topological polar surface area (TPSA) is 89.6 Å². The number of ether oxygens (including phenoxy) is 1. The SMILES string of the molecule is C#CCCC1(CCNC2(c3nnnn3CCCC)CCOC2C)N=N1. The quantitative estimate of drug-likeness (QED) is 0.655. The first-order valence-electron chi connectivity index (χ1n) is 9.16. The largest absolute Gasteiger partial charge is 0.376 e. The molecule has 0 bridgehead atoms. The van der Waals surface area contributed by atoms with E-state index in [-0.39, 0.29) is 17.3 Å². The van der Waals surface area contributed by atoms with Crippen molar-refractivity contribution in [3.05, 3.63) is 5.82 Å². The summed E-state index contributed by atoms with van der Waals surface area (Å²) in [7, 11) is 0. The Morgan fingerprint density at radius 1 is 1.40 bits per heavy atom. The van der Waals surface area contributed by atoms with Crippen LogP contribution in [0.1, 0.15) is 58.2 Å². The molecule has 0 spiro atoms. The van der Waals surface area contributed by atoms with Gasteiger partial charge in [0.25, 0.3) is 0 Å². The van der Waals surface area contributed by atoms with Crippen LogP contribution in [0.25, 0.3) is 0 Å². The molecule has 1 fully saturated rings. The number of nitrogens with one attached hydrogen (secondary N) is 1. The van der Waals surface area contributed by atoms with E-state index in [1.807, 2.05) is 4.68 Å². The summed E-state index contributed by atoms with van der Waals surface area (Å²) in [5, 5.41) is 24.5. The summed E-state index contributed by atoms with van der Waals surface area (Å²) in [6.07, 6.45) is 10.7. The first kappa shape index (κ1) is 18.0. The van der Waals surface area contributed by atoms with Crippen LogP contribution in [0.2, 0.25) is 0 Å². The molecule has 2 atom stereocenters. The molecule has 0 aliphatic carbocycles. The minimum atomic E-state index is -0.362. The molecule has 3 heterocycles. The standard InChI is InChI=1S/C17H27N7O/c1-4-6-8-16(20-21-16)9-11-18-17(10-13-25-14(17)3)15-19-22-23-24(15)12-7-5-2/h1,14,18H,5-13H2,2-3H3. The molecule has 8 heteroatoms. The van der Waals surface area contributed by atoms with Crippen molar-refractivity contribution in [3.8, 4) is 12.3 Å². The number of hydrogen-bond acceptors (Lipinski definition) is 7. The summed E-state index contributed by atoms with van der Waals surface area (Å²) < 4.78 is 7.79. The summed E-state index contributed by atoms with van der Waals surface area (Å²) in [6, 6.07) is 0. The van der Waals surface area contributed by atoms with E-state index in [4.69, 9.17) is 11.2 Å². The fraction of sp³-hybridized carbons (Fsp3) is 0.824. The highest BCUT2D eigenvalue weighted by molar-refractivity contribution is 5.12. The molecule has 25 heavy (non-hydrogen) atoms. The number of aryl methyl sites for hydroxylation is 1. The maximum atomic E-state index is 5.87. The summed E-state index contributed by atoms with van der Waals surface area (Å²) in [5.74, 6) is 3.54. The molecular weight excluding hydrogens is 318 g/mol. The predicted molar refractivity (Wildman–Crippen MR) is 92.7 cm³/mol. The van der Waals surface area contributed by atoms with Crippen LogP contribution in [0.15, 0.2) is 10.2 Å². The van der Waals surface area contributed by atoms with Gasteiger partial charge in [0.05, 0.1) is 6.10 Å². The molecule has 1 aromatic rings. The molecule has 0 saturated carbocycles. The molecule has 1 N–H and O–H groups in total. The van der Waals surface area contributed by atoms with Crippen LogP contribution in [0.3, 0.4) is 0 Å². The van der Waals surface area contributed by atoms with Crippen LogP contribution >= 0.6 is 0 Å². The van der Waals surface area contributed by atoms with Gasteiger partial charge in [0.2, 0.25) is 0 Å². The predicted octanol–water partition coefficient (Wildman–Crippen LogP) is 2.03. The van der Waals surface area contributed by atoms with Crippen molar-refractivity contribution >= 4 is 0 Å². The third kappa shape index (κ3) is 3.72. The molecular formula is C17H27N7O. The summed E-state index contributed by atoms with van der Waals surface area (Å²) in [4.78, 5) is 0. The Hall–Kier alpha value is -1.85. The van der Waals surface area contributed by atoms with Gasteiger partial charge in [0.15, 0.2) is 11.5 Å². The fourth-order valence-electron chi connectivity index (χ4n) is 3.48. The third-order valence-electron chi connectivity index (χ3n) is 5.23. The Balaban J connectivity index is 1.68.